The molecule has 0 rings (SSSR count). The Kier molecular flexibility index (Phi) is 8.14. The van der Waals surface area contributed by atoms with E-state index in [-0.39, 0.29) is 23.2 Å². The van der Waals surface area contributed by atoms with Gasteiger partial charge in [-0.25, -0.2) is 0 Å². The molecule has 0 spiro atoms. The first-order valence-electron chi connectivity index (χ1n) is 1.41. The third kappa shape index (κ3) is 120. The Labute approximate surface area is 42.9 Å². The SMILES string of the molecule is CC(C)O.[Fe]. The smallest absolute Gasteiger partial charge is 0.0483 e. The largest absolute Gasteiger partial charge is 0.394 e. The fraction of sp³-hybridized carbons (Fsp3) is 1.00. The van der Waals surface area contributed by atoms with E-state index in [1.54, 1.807) is 13.8 Å². The van der Waals surface area contributed by atoms with Gasteiger partial charge in [-0.05, 0) is 13.8 Å². The maximum Gasteiger partial charge on any atom is 0.0483 e. The minimum absolute atomic E-state index is 0. The van der Waals surface area contributed by atoms with Gasteiger partial charge in [0.1, 0.15) is 0 Å². The van der Waals surface area contributed by atoms with Gasteiger partial charge < -0.3 is 5.11 Å². The van der Waals surface area contributed by atoms with E-state index >= 15 is 0 Å². The van der Waals surface area contributed by atoms with Gasteiger partial charge in [0, 0.05) is 23.2 Å². The fourth-order valence-corrected chi connectivity index (χ4v) is 0. The van der Waals surface area contributed by atoms with Crippen LogP contribution in [0.3, 0.4) is 0 Å². The molecule has 0 fully saturated rings. The quantitative estimate of drug-likeness (QED) is 0.453. The number of aliphatic hydroxyl groups is 1. The third-order valence-electron chi connectivity index (χ3n) is 0. The molecule has 0 saturated carbocycles. The summed E-state index contributed by atoms with van der Waals surface area (Å²) in [5.41, 5.74) is 0. The van der Waals surface area contributed by atoms with Gasteiger partial charge in [-0.1, -0.05) is 0 Å². The summed E-state index contributed by atoms with van der Waals surface area (Å²) in [5, 5.41) is 8.06. The van der Waals surface area contributed by atoms with E-state index in [9.17, 15) is 0 Å². The Morgan fingerprint density at radius 2 is 1.40 bits per heavy atom. The first-order valence-corrected chi connectivity index (χ1v) is 1.41. The van der Waals surface area contributed by atoms with Gasteiger partial charge in [-0.2, -0.15) is 0 Å². The molecule has 0 radical (unpaired) electrons. The average molecular weight is 116 g/mol. The van der Waals surface area contributed by atoms with Gasteiger partial charge in [-0.15, -0.1) is 0 Å². The fourth-order valence-electron chi connectivity index (χ4n) is 0. The second-order valence-electron chi connectivity index (χ2n) is 1.09. The Morgan fingerprint density at radius 3 is 1.40 bits per heavy atom. The van der Waals surface area contributed by atoms with Gasteiger partial charge in [0.25, 0.3) is 0 Å². The molecule has 5 heavy (non-hydrogen) atoms. The molecule has 0 unspecified atom stereocenters. The second kappa shape index (κ2) is 4.48. The van der Waals surface area contributed by atoms with Crippen molar-refractivity contribution in [2.24, 2.45) is 0 Å². The van der Waals surface area contributed by atoms with E-state index in [4.69, 9.17) is 5.11 Å². The summed E-state index contributed by atoms with van der Waals surface area (Å²) in [6.07, 6.45) is -0.167. The zero-order valence-corrected chi connectivity index (χ0v) is 4.48. The molecule has 0 bridgehead atoms. The molecule has 0 aliphatic rings. The van der Waals surface area contributed by atoms with Crippen LogP contribution in [0.1, 0.15) is 13.8 Å². The molecule has 0 aliphatic carbocycles. The molecule has 0 amide bonds. The molecular formula is C3H8FeO. The summed E-state index contributed by atoms with van der Waals surface area (Å²) in [5.74, 6) is 0. The number of hydrogen-bond donors (Lipinski definition) is 1. The summed E-state index contributed by atoms with van der Waals surface area (Å²) in [7, 11) is 0. The summed E-state index contributed by atoms with van der Waals surface area (Å²) in [6, 6.07) is 0. The molecule has 1 nitrogen and oxygen atoms in total. The summed E-state index contributed by atoms with van der Waals surface area (Å²) < 4.78 is 0. The number of hydrogen-bond acceptors (Lipinski definition) is 1. The van der Waals surface area contributed by atoms with E-state index in [2.05, 4.69) is 0 Å². The molecule has 0 aromatic heterocycles. The minimum Gasteiger partial charge on any atom is -0.394 e. The molecular weight excluding hydrogens is 108 g/mol. The van der Waals surface area contributed by atoms with Crippen molar-refractivity contribution in [3.05, 3.63) is 0 Å². The molecule has 0 heterocycles. The summed E-state index contributed by atoms with van der Waals surface area (Å²) in [4.78, 5) is 0. The van der Waals surface area contributed by atoms with Gasteiger partial charge in [0.15, 0.2) is 0 Å². The van der Waals surface area contributed by atoms with Crippen LogP contribution in [0.2, 0.25) is 0 Å². The Bertz CT molecular complexity index is 11.6. The van der Waals surface area contributed by atoms with Crippen LogP contribution in [0.4, 0.5) is 0 Å². The van der Waals surface area contributed by atoms with Gasteiger partial charge in [-0.3, -0.25) is 0 Å². The van der Waals surface area contributed by atoms with Crippen LogP contribution in [0.5, 0.6) is 0 Å². The van der Waals surface area contributed by atoms with Crippen LogP contribution in [-0.4, -0.2) is 11.2 Å². The van der Waals surface area contributed by atoms with Crippen molar-refractivity contribution >= 4 is 0 Å². The zero-order valence-electron chi connectivity index (χ0n) is 3.38. The molecule has 0 aliphatic heterocycles. The molecule has 0 saturated heterocycles. The second-order valence-corrected chi connectivity index (χ2v) is 1.09. The molecule has 2 heteroatoms. The zero-order chi connectivity index (χ0) is 3.58. The summed E-state index contributed by atoms with van der Waals surface area (Å²) in [6.45, 7) is 3.44. The molecule has 0 atom stereocenters. The maximum absolute atomic E-state index is 8.06. The predicted molar refractivity (Wildman–Crippen MR) is 17.4 cm³/mol. The van der Waals surface area contributed by atoms with E-state index in [1.807, 2.05) is 0 Å². The standard InChI is InChI=1S/C3H8O.Fe/c1-3(2)4;/h3-4H,1-2H3;. The maximum atomic E-state index is 8.06. The van der Waals surface area contributed by atoms with Crippen LogP contribution in [0, 0.1) is 0 Å². The van der Waals surface area contributed by atoms with Gasteiger partial charge in [0.2, 0.25) is 0 Å². The van der Waals surface area contributed by atoms with E-state index in [0.717, 1.165) is 0 Å². The topological polar surface area (TPSA) is 20.2 Å². The molecule has 1 N–H and O–H groups in total. The van der Waals surface area contributed by atoms with Crippen molar-refractivity contribution in [1.29, 1.82) is 0 Å². The first kappa shape index (κ1) is 9.08. The van der Waals surface area contributed by atoms with E-state index < -0.39 is 0 Å². The van der Waals surface area contributed by atoms with Crippen molar-refractivity contribution in [3.63, 3.8) is 0 Å². The first-order chi connectivity index (χ1) is 1.73. The minimum atomic E-state index is -0.167. The number of rotatable bonds is 0. The molecule has 0 aromatic carbocycles. The predicted octanol–water partition coefficient (Wildman–Crippen LogP) is 0.385. The van der Waals surface area contributed by atoms with E-state index in [1.165, 1.54) is 0 Å². The van der Waals surface area contributed by atoms with Gasteiger partial charge >= 0.3 is 0 Å². The molecule has 0 aromatic rings. The van der Waals surface area contributed by atoms with Crippen molar-refractivity contribution < 1.29 is 22.2 Å². The Balaban J connectivity index is 0. The van der Waals surface area contributed by atoms with Crippen LogP contribution >= 0.6 is 0 Å². The third-order valence-corrected chi connectivity index (χ3v) is 0. The van der Waals surface area contributed by atoms with Crippen molar-refractivity contribution in [1.82, 2.24) is 0 Å². The van der Waals surface area contributed by atoms with Crippen molar-refractivity contribution in [2.45, 2.75) is 20.0 Å². The number of aliphatic hydroxyl groups excluding tert-OH is 1. The normalized spacial score (nSPS) is 7.20. The van der Waals surface area contributed by atoms with Crippen LogP contribution in [-0.2, 0) is 17.1 Å². The van der Waals surface area contributed by atoms with Crippen molar-refractivity contribution in [2.75, 3.05) is 0 Å². The monoisotopic (exact) mass is 116 g/mol. The van der Waals surface area contributed by atoms with Crippen molar-refractivity contribution in [3.8, 4) is 0 Å². The summed E-state index contributed by atoms with van der Waals surface area (Å²) >= 11 is 0. The van der Waals surface area contributed by atoms with Crippen LogP contribution in [0.15, 0.2) is 0 Å². The van der Waals surface area contributed by atoms with Crippen LogP contribution in [0.25, 0.3) is 0 Å². The Morgan fingerprint density at radius 1 is 1.40 bits per heavy atom. The average Bonchev–Trinajstić information content (AvgIpc) is 0.811. The molecule has 34 valence electrons. The Hall–Kier alpha value is 0.479. The van der Waals surface area contributed by atoms with Gasteiger partial charge in [0.05, 0.1) is 0 Å². The van der Waals surface area contributed by atoms with Crippen LogP contribution < -0.4 is 0 Å². The van der Waals surface area contributed by atoms with E-state index in [0.29, 0.717) is 0 Å².